The first-order valence-electron chi connectivity index (χ1n) is 5.22. The van der Waals surface area contributed by atoms with Crippen molar-refractivity contribution >= 4 is 5.97 Å². The Morgan fingerprint density at radius 3 is 2.53 bits per heavy atom. The van der Waals surface area contributed by atoms with Gasteiger partial charge in [-0.15, -0.1) is 0 Å². The summed E-state index contributed by atoms with van der Waals surface area (Å²) < 4.78 is 12.8. The molecule has 0 amide bonds. The normalized spacial score (nSPS) is 33.0. The number of carboxylic acids is 1. The van der Waals surface area contributed by atoms with Crippen LogP contribution in [-0.2, 0) is 4.79 Å². The van der Waals surface area contributed by atoms with Gasteiger partial charge in [-0.3, -0.25) is 4.79 Å². The molecule has 0 spiro atoms. The smallest absolute Gasteiger partial charge is 0.307 e. The Labute approximate surface area is 88.5 Å². The molecule has 0 aliphatic heterocycles. The molecule has 3 heteroatoms. The molecule has 1 N–H and O–H groups in total. The zero-order valence-electron chi connectivity index (χ0n) is 8.96. The first kappa shape index (κ1) is 10.4. The summed E-state index contributed by atoms with van der Waals surface area (Å²) >= 11 is 0. The van der Waals surface area contributed by atoms with Gasteiger partial charge in [0.15, 0.2) is 0 Å². The van der Waals surface area contributed by atoms with Crippen molar-refractivity contribution in [1.82, 2.24) is 0 Å². The third-order valence-electron chi connectivity index (χ3n) is 3.62. The summed E-state index contributed by atoms with van der Waals surface area (Å²) in [5.74, 6) is -1.04. The first-order chi connectivity index (χ1) is 6.94. The van der Waals surface area contributed by atoms with Crippen molar-refractivity contribution in [2.24, 2.45) is 17.3 Å². The number of carboxylic acid groups (broad SMARTS) is 1. The molecule has 15 heavy (non-hydrogen) atoms. The molecule has 0 radical (unpaired) electrons. The van der Waals surface area contributed by atoms with Crippen molar-refractivity contribution in [2.45, 2.75) is 26.7 Å². The van der Waals surface area contributed by atoms with Crippen LogP contribution in [0, 0.1) is 17.3 Å². The van der Waals surface area contributed by atoms with E-state index in [0.29, 0.717) is 12.8 Å². The van der Waals surface area contributed by atoms with Crippen molar-refractivity contribution in [3.63, 3.8) is 0 Å². The molecular formula is C12H15FO2. The molecule has 0 bridgehead atoms. The lowest BCUT2D eigenvalue weighted by molar-refractivity contribution is -0.139. The fourth-order valence-electron chi connectivity index (χ4n) is 2.68. The Morgan fingerprint density at radius 1 is 1.47 bits per heavy atom. The molecule has 2 aliphatic carbocycles. The Morgan fingerprint density at radius 2 is 2.13 bits per heavy atom. The highest BCUT2D eigenvalue weighted by Crippen LogP contribution is 2.62. The van der Waals surface area contributed by atoms with Crippen LogP contribution in [0.4, 0.5) is 4.39 Å². The average Bonchev–Trinajstić information content (AvgIpc) is 2.70. The van der Waals surface area contributed by atoms with Gasteiger partial charge in [-0.05, 0) is 23.8 Å². The van der Waals surface area contributed by atoms with Crippen LogP contribution in [0.3, 0.4) is 0 Å². The molecule has 0 aromatic rings. The van der Waals surface area contributed by atoms with E-state index in [4.69, 9.17) is 5.11 Å². The standard InChI is InChI=1S/C12H15FO2/c1-12(2)9(10(12)11(14)15)7-3-5-8(13)6-4-7/h3,5,9-10H,4,6H2,1-2H3,(H,14,15). The van der Waals surface area contributed by atoms with Crippen LogP contribution >= 0.6 is 0 Å². The van der Waals surface area contributed by atoms with Crippen molar-refractivity contribution in [3.05, 3.63) is 23.6 Å². The van der Waals surface area contributed by atoms with Gasteiger partial charge >= 0.3 is 5.97 Å². The molecule has 0 heterocycles. The number of rotatable bonds is 2. The van der Waals surface area contributed by atoms with E-state index in [-0.39, 0.29) is 23.1 Å². The van der Waals surface area contributed by atoms with Crippen LogP contribution in [-0.4, -0.2) is 11.1 Å². The summed E-state index contributed by atoms with van der Waals surface area (Å²) in [5, 5.41) is 9.03. The largest absolute Gasteiger partial charge is 0.481 e. The predicted octanol–water partition coefficient (Wildman–Crippen LogP) is 2.92. The molecule has 0 saturated heterocycles. The van der Waals surface area contributed by atoms with Crippen LogP contribution in [0.5, 0.6) is 0 Å². The summed E-state index contributed by atoms with van der Waals surface area (Å²) in [6.07, 6.45) is 4.31. The maximum Gasteiger partial charge on any atom is 0.307 e. The van der Waals surface area contributed by atoms with Gasteiger partial charge in [-0.25, -0.2) is 4.39 Å². The number of hydrogen-bond donors (Lipinski definition) is 1. The highest BCUT2D eigenvalue weighted by molar-refractivity contribution is 5.76. The maximum absolute atomic E-state index is 12.8. The summed E-state index contributed by atoms with van der Waals surface area (Å²) in [5.41, 5.74) is 0.924. The predicted molar refractivity (Wildman–Crippen MR) is 54.9 cm³/mol. The average molecular weight is 210 g/mol. The lowest BCUT2D eigenvalue weighted by Gasteiger charge is -2.11. The Bertz CT molecular complexity index is 366. The third kappa shape index (κ3) is 1.60. The molecule has 2 rings (SSSR count). The van der Waals surface area contributed by atoms with Crippen LogP contribution in [0.1, 0.15) is 26.7 Å². The number of hydrogen-bond acceptors (Lipinski definition) is 1. The fraction of sp³-hybridized carbons (Fsp3) is 0.583. The molecule has 2 aliphatic rings. The summed E-state index contributed by atoms with van der Waals surface area (Å²) in [6.45, 7) is 3.93. The molecule has 1 fully saturated rings. The molecule has 0 aromatic carbocycles. The van der Waals surface area contributed by atoms with Gasteiger partial charge in [0.25, 0.3) is 0 Å². The highest BCUT2D eigenvalue weighted by Gasteiger charge is 2.63. The molecule has 1 saturated carbocycles. The second kappa shape index (κ2) is 3.19. The molecule has 82 valence electrons. The Kier molecular flexibility index (Phi) is 2.21. The van der Waals surface area contributed by atoms with Crippen molar-refractivity contribution < 1.29 is 14.3 Å². The van der Waals surface area contributed by atoms with E-state index in [0.717, 1.165) is 5.57 Å². The van der Waals surface area contributed by atoms with E-state index < -0.39 is 5.97 Å². The molecule has 2 atom stereocenters. The number of halogens is 1. The van der Waals surface area contributed by atoms with Gasteiger partial charge in [0.05, 0.1) is 5.92 Å². The maximum atomic E-state index is 12.8. The zero-order valence-corrected chi connectivity index (χ0v) is 8.96. The van der Waals surface area contributed by atoms with Gasteiger partial charge < -0.3 is 5.11 Å². The van der Waals surface area contributed by atoms with Gasteiger partial charge in [0.2, 0.25) is 0 Å². The van der Waals surface area contributed by atoms with Crippen molar-refractivity contribution in [3.8, 4) is 0 Å². The van der Waals surface area contributed by atoms with E-state index in [2.05, 4.69) is 0 Å². The van der Waals surface area contributed by atoms with E-state index in [1.165, 1.54) is 6.08 Å². The summed E-state index contributed by atoms with van der Waals surface area (Å²) in [7, 11) is 0. The molecule has 0 aromatic heterocycles. The van der Waals surface area contributed by atoms with Gasteiger partial charge in [0.1, 0.15) is 5.83 Å². The second-order valence-corrected chi connectivity index (χ2v) is 4.97. The van der Waals surface area contributed by atoms with E-state index in [9.17, 15) is 9.18 Å². The SMILES string of the molecule is CC1(C)C(C(=O)O)C1C1=CC=C(F)CC1. The van der Waals surface area contributed by atoms with Crippen LogP contribution in [0.2, 0.25) is 0 Å². The minimum absolute atomic E-state index is 0.0966. The molecule has 2 nitrogen and oxygen atoms in total. The third-order valence-corrected chi connectivity index (χ3v) is 3.62. The Hall–Kier alpha value is -1.12. The minimum atomic E-state index is -0.735. The minimum Gasteiger partial charge on any atom is -0.481 e. The van der Waals surface area contributed by atoms with Crippen LogP contribution in [0.25, 0.3) is 0 Å². The zero-order chi connectivity index (χ0) is 11.2. The first-order valence-corrected chi connectivity index (χ1v) is 5.22. The van der Waals surface area contributed by atoms with E-state index >= 15 is 0 Å². The number of aliphatic carboxylic acids is 1. The molecular weight excluding hydrogens is 195 g/mol. The topological polar surface area (TPSA) is 37.3 Å². The van der Waals surface area contributed by atoms with Crippen LogP contribution < -0.4 is 0 Å². The van der Waals surface area contributed by atoms with E-state index in [1.807, 2.05) is 13.8 Å². The van der Waals surface area contributed by atoms with Gasteiger partial charge in [-0.2, -0.15) is 0 Å². The fourth-order valence-corrected chi connectivity index (χ4v) is 2.68. The second-order valence-electron chi connectivity index (χ2n) is 4.97. The highest BCUT2D eigenvalue weighted by atomic mass is 19.1. The summed E-state index contributed by atoms with van der Waals surface area (Å²) in [6, 6.07) is 0. The van der Waals surface area contributed by atoms with Gasteiger partial charge in [-0.1, -0.05) is 25.5 Å². The van der Waals surface area contributed by atoms with Crippen molar-refractivity contribution in [2.75, 3.05) is 0 Å². The quantitative estimate of drug-likeness (QED) is 0.760. The van der Waals surface area contributed by atoms with E-state index in [1.54, 1.807) is 6.08 Å². The van der Waals surface area contributed by atoms with Crippen LogP contribution in [0.15, 0.2) is 23.6 Å². The molecule has 2 unspecified atom stereocenters. The monoisotopic (exact) mass is 210 g/mol. The van der Waals surface area contributed by atoms with Gasteiger partial charge in [0, 0.05) is 6.42 Å². The van der Waals surface area contributed by atoms with Crippen molar-refractivity contribution in [1.29, 1.82) is 0 Å². The Balaban J connectivity index is 2.18. The lowest BCUT2D eigenvalue weighted by atomic mass is 9.95. The number of allylic oxidation sites excluding steroid dienone is 4. The lowest BCUT2D eigenvalue weighted by Crippen LogP contribution is -2.03. The summed E-state index contributed by atoms with van der Waals surface area (Å²) in [4.78, 5) is 11.0. The number of carbonyl (C=O) groups is 1.